The number of hydrogen-bond donors (Lipinski definition) is 1. The zero-order valence-corrected chi connectivity index (χ0v) is 7.67. The number of H-pyrrole nitrogens is 1. The SMILES string of the molecule is CC(=O)[CH]c1c[nH]c2ccc(F)cc12. The van der Waals surface area contributed by atoms with Gasteiger partial charge in [0.25, 0.3) is 0 Å². The van der Waals surface area contributed by atoms with Crippen molar-refractivity contribution in [2.24, 2.45) is 0 Å². The Balaban J connectivity index is 2.55. The number of carbonyl (C=O) groups excluding carboxylic acids is 1. The Kier molecular flexibility index (Phi) is 2.08. The second-order valence-corrected chi connectivity index (χ2v) is 3.19. The predicted molar refractivity (Wildman–Crippen MR) is 52.3 cm³/mol. The van der Waals surface area contributed by atoms with E-state index in [0.29, 0.717) is 0 Å². The van der Waals surface area contributed by atoms with E-state index in [1.54, 1.807) is 12.3 Å². The highest BCUT2D eigenvalue weighted by Crippen LogP contribution is 2.20. The van der Waals surface area contributed by atoms with Crippen molar-refractivity contribution >= 4 is 16.7 Å². The van der Waals surface area contributed by atoms with Crippen molar-refractivity contribution in [3.8, 4) is 0 Å². The standard InChI is InChI=1S/C11H9FNO/c1-7(14)4-8-6-13-11-3-2-9(12)5-10(8)11/h2-6,13H,1H3. The van der Waals surface area contributed by atoms with E-state index in [1.807, 2.05) is 0 Å². The van der Waals surface area contributed by atoms with Gasteiger partial charge in [-0.3, -0.25) is 4.79 Å². The molecule has 0 aliphatic heterocycles. The fourth-order valence-corrected chi connectivity index (χ4v) is 1.45. The van der Waals surface area contributed by atoms with Gasteiger partial charge in [-0.2, -0.15) is 0 Å². The number of carbonyl (C=O) groups is 1. The van der Waals surface area contributed by atoms with Gasteiger partial charge in [0, 0.05) is 17.1 Å². The maximum absolute atomic E-state index is 12.9. The lowest BCUT2D eigenvalue weighted by Crippen LogP contribution is -1.91. The molecule has 0 fully saturated rings. The molecule has 0 bridgehead atoms. The number of hydrogen-bond acceptors (Lipinski definition) is 1. The van der Waals surface area contributed by atoms with E-state index in [9.17, 15) is 9.18 Å². The molecule has 71 valence electrons. The first-order valence-electron chi connectivity index (χ1n) is 4.29. The predicted octanol–water partition coefficient (Wildman–Crippen LogP) is 2.45. The quantitative estimate of drug-likeness (QED) is 0.775. The van der Waals surface area contributed by atoms with Crippen LogP contribution in [0.1, 0.15) is 12.5 Å². The summed E-state index contributed by atoms with van der Waals surface area (Å²) in [4.78, 5) is 13.8. The molecular formula is C11H9FNO. The fourth-order valence-electron chi connectivity index (χ4n) is 1.45. The van der Waals surface area contributed by atoms with Crippen LogP contribution < -0.4 is 0 Å². The van der Waals surface area contributed by atoms with Crippen LogP contribution in [-0.2, 0) is 4.79 Å². The summed E-state index contributed by atoms with van der Waals surface area (Å²) in [5.74, 6) is -0.342. The Hall–Kier alpha value is -1.64. The van der Waals surface area contributed by atoms with Crippen LogP contribution in [0.2, 0.25) is 0 Å². The molecule has 1 radical (unpaired) electrons. The average Bonchev–Trinajstić information content (AvgIpc) is 2.47. The first kappa shape index (κ1) is 8.94. The summed E-state index contributed by atoms with van der Waals surface area (Å²) >= 11 is 0. The van der Waals surface area contributed by atoms with Gasteiger partial charge in [-0.25, -0.2) is 4.39 Å². The lowest BCUT2D eigenvalue weighted by molar-refractivity contribution is -0.113. The summed E-state index contributed by atoms with van der Waals surface area (Å²) in [5, 5.41) is 0.736. The first-order valence-corrected chi connectivity index (χ1v) is 4.29. The van der Waals surface area contributed by atoms with Crippen LogP contribution in [0.4, 0.5) is 4.39 Å². The maximum atomic E-state index is 12.9. The number of ketones is 1. The van der Waals surface area contributed by atoms with Crippen molar-refractivity contribution in [2.45, 2.75) is 6.92 Å². The van der Waals surface area contributed by atoms with E-state index in [4.69, 9.17) is 0 Å². The van der Waals surface area contributed by atoms with Crippen molar-refractivity contribution in [1.29, 1.82) is 0 Å². The number of fused-ring (bicyclic) bond motifs is 1. The van der Waals surface area contributed by atoms with E-state index >= 15 is 0 Å². The molecule has 1 N–H and O–H groups in total. The second kappa shape index (κ2) is 3.25. The third-order valence-corrected chi connectivity index (χ3v) is 2.03. The molecule has 3 heteroatoms. The average molecular weight is 190 g/mol. The van der Waals surface area contributed by atoms with Gasteiger partial charge in [0.15, 0.2) is 0 Å². The number of Topliss-reactive ketones (excluding diaryl/α,β-unsaturated/α-hetero) is 1. The first-order chi connectivity index (χ1) is 6.66. The summed E-state index contributed by atoms with van der Waals surface area (Å²) in [5.41, 5.74) is 1.56. The highest BCUT2D eigenvalue weighted by Gasteiger charge is 2.06. The van der Waals surface area contributed by atoms with Crippen LogP contribution in [0, 0.1) is 12.2 Å². The highest BCUT2D eigenvalue weighted by atomic mass is 19.1. The normalized spacial score (nSPS) is 10.7. The number of aromatic amines is 1. The Morgan fingerprint density at radius 2 is 2.29 bits per heavy atom. The molecule has 1 heterocycles. The van der Waals surface area contributed by atoms with Gasteiger partial charge in [-0.1, -0.05) is 0 Å². The minimum absolute atomic E-state index is 0.0461. The van der Waals surface area contributed by atoms with Gasteiger partial charge < -0.3 is 4.98 Å². The van der Waals surface area contributed by atoms with E-state index < -0.39 is 0 Å². The number of aromatic nitrogens is 1. The number of rotatable bonds is 2. The van der Waals surface area contributed by atoms with Crippen LogP contribution in [-0.4, -0.2) is 10.8 Å². The Bertz CT molecular complexity index is 487. The Morgan fingerprint density at radius 1 is 1.50 bits per heavy atom. The van der Waals surface area contributed by atoms with Crippen LogP contribution in [0.3, 0.4) is 0 Å². The molecule has 0 unspecified atom stereocenters. The minimum Gasteiger partial charge on any atom is -0.361 e. The molecule has 0 aliphatic rings. The molecule has 14 heavy (non-hydrogen) atoms. The van der Waals surface area contributed by atoms with Gasteiger partial charge in [0.2, 0.25) is 0 Å². The third-order valence-electron chi connectivity index (χ3n) is 2.03. The van der Waals surface area contributed by atoms with Crippen molar-refractivity contribution in [2.75, 3.05) is 0 Å². The van der Waals surface area contributed by atoms with Gasteiger partial charge in [-0.05, 0) is 30.7 Å². The molecule has 2 aromatic rings. The molecule has 0 atom stereocenters. The molecular weight excluding hydrogens is 181 g/mol. The Morgan fingerprint density at radius 3 is 3.00 bits per heavy atom. The van der Waals surface area contributed by atoms with Crippen molar-refractivity contribution < 1.29 is 9.18 Å². The molecule has 0 saturated heterocycles. The zero-order valence-electron chi connectivity index (χ0n) is 7.67. The van der Waals surface area contributed by atoms with Gasteiger partial charge in [0.05, 0.1) is 6.42 Å². The lowest BCUT2D eigenvalue weighted by atomic mass is 10.1. The molecule has 2 nitrogen and oxygen atoms in total. The minimum atomic E-state index is -0.296. The highest BCUT2D eigenvalue weighted by molar-refractivity contribution is 5.95. The molecule has 1 aromatic heterocycles. The second-order valence-electron chi connectivity index (χ2n) is 3.19. The Labute approximate surface area is 80.7 Å². The van der Waals surface area contributed by atoms with E-state index in [0.717, 1.165) is 16.5 Å². The van der Waals surface area contributed by atoms with Crippen molar-refractivity contribution in [3.05, 3.63) is 42.2 Å². The monoisotopic (exact) mass is 190 g/mol. The van der Waals surface area contributed by atoms with Gasteiger partial charge in [-0.15, -0.1) is 0 Å². The third kappa shape index (κ3) is 1.53. The summed E-state index contributed by atoms with van der Waals surface area (Å²) < 4.78 is 12.9. The number of benzene rings is 1. The molecule has 0 spiro atoms. The van der Waals surface area contributed by atoms with Crippen molar-refractivity contribution in [1.82, 2.24) is 4.98 Å². The summed E-state index contributed by atoms with van der Waals surface area (Å²) in [6.45, 7) is 1.47. The molecule has 1 aromatic carbocycles. The van der Waals surface area contributed by atoms with E-state index in [-0.39, 0.29) is 11.6 Å². The summed E-state index contributed by atoms with van der Waals surface area (Å²) in [6.07, 6.45) is 3.18. The maximum Gasteiger partial charge on any atom is 0.138 e. The lowest BCUT2D eigenvalue weighted by Gasteiger charge is -1.94. The number of nitrogens with one attached hydrogen (secondary N) is 1. The van der Waals surface area contributed by atoms with E-state index in [2.05, 4.69) is 4.98 Å². The van der Waals surface area contributed by atoms with E-state index in [1.165, 1.54) is 25.5 Å². The van der Waals surface area contributed by atoms with Crippen LogP contribution in [0.25, 0.3) is 10.9 Å². The molecule has 2 rings (SSSR count). The van der Waals surface area contributed by atoms with Gasteiger partial charge >= 0.3 is 0 Å². The van der Waals surface area contributed by atoms with Crippen LogP contribution >= 0.6 is 0 Å². The van der Waals surface area contributed by atoms with Crippen LogP contribution in [0.5, 0.6) is 0 Å². The molecule has 0 aliphatic carbocycles. The topological polar surface area (TPSA) is 32.9 Å². The van der Waals surface area contributed by atoms with Crippen molar-refractivity contribution in [3.63, 3.8) is 0 Å². The van der Waals surface area contributed by atoms with Gasteiger partial charge in [0.1, 0.15) is 11.6 Å². The largest absolute Gasteiger partial charge is 0.361 e. The summed E-state index contributed by atoms with van der Waals surface area (Å²) in [6, 6.07) is 4.46. The molecule has 0 amide bonds. The number of halogens is 1. The summed E-state index contributed by atoms with van der Waals surface area (Å²) in [7, 11) is 0. The smallest absolute Gasteiger partial charge is 0.138 e. The zero-order chi connectivity index (χ0) is 10.1. The fraction of sp³-hybridized carbons (Fsp3) is 0.0909. The molecule has 0 saturated carbocycles. The van der Waals surface area contributed by atoms with Crippen LogP contribution in [0.15, 0.2) is 24.4 Å².